The van der Waals surface area contributed by atoms with Crippen LogP contribution in [0.4, 0.5) is 0 Å². The number of aryl methyl sites for hydroxylation is 2. The first-order valence-electron chi connectivity index (χ1n) is 9.15. The van der Waals surface area contributed by atoms with Crippen molar-refractivity contribution in [2.75, 3.05) is 12.9 Å². The average Bonchev–Trinajstić information content (AvgIpc) is 3.13. The normalized spacial score (nSPS) is 12.0. The van der Waals surface area contributed by atoms with Crippen LogP contribution < -0.4 is 5.32 Å². The molecule has 0 aliphatic carbocycles. The zero-order valence-corrected chi connectivity index (χ0v) is 17.6. The molecule has 0 fully saturated rings. The fourth-order valence-corrected chi connectivity index (χ4v) is 3.32. The van der Waals surface area contributed by atoms with Gasteiger partial charge in [0.05, 0.1) is 12.5 Å². The maximum Gasteiger partial charge on any atom is 0.310 e. The third-order valence-corrected chi connectivity index (χ3v) is 5.11. The molecule has 0 aliphatic rings. The molecule has 1 aromatic carbocycles. The molecule has 0 bridgehead atoms. The van der Waals surface area contributed by atoms with Crippen LogP contribution in [0.3, 0.4) is 0 Å². The Labute approximate surface area is 173 Å². The van der Waals surface area contributed by atoms with Gasteiger partial charge in [0.25, 0.3) is 11.7 Å². The molecule has 1 N–H and O–H groups in total. The SMILES string of the molecule is CSc1nc2nc(C)c(CC(=O)OCC(=O)N[C@H](C)c3ccccc3)c(C)n2n1. The Hall–Kier alpha value is -2.94. The van der Waals surface area contributed by atoms with E-state index < -0.39 is 5.97 Å². The van der Waals surface area contributed by atoms with Crippen LogP contribution in [0.15, 0.2) is 35.5 Å². The Kier molecular flexibility index (Phi) is 6.48. The van der Waals surface area contributed by atoms with Crippen molar-refractivity contribution in [3.8, 4) is 0 Å². The first-order chi connectivity index (χ1) is 13.9. The molecule has 2 heterocycles. The number of nitrogens with zero attached hydrogens (tertiary/aromatic N) is 4. The van der Waals surface area contributed by atoms with Crippen LogP contribution in [0.2, 0.25) is 0 Å². The summed E-state index contributed by atoms with van der Waals surface area (Å²) in [7, 11) is 0. The van der Waals surface area contributed by atoms with E-state index in [1.807, 2.05) is 57.4 Å². The number of rotatable bonds is 7. The molecule has 0 saturated heterocycles. The Morgan fingerprint density at radius 2 is 1.93 bits per heavy atom. The predicted molar refractivity (Wildman–Crippen MR) is 110 cm³/mol. The van der Waals surface area contributed by atoms with Crippen LogP contribution in [0, 0.1) is 13.8 Å². The van der Waals surface area contributed by atoms with Gasteiger partial charge in [0, 0.05) is 17.0 Å². The maximum atomic E-state index is 12.3. The first kappa shape index (κ1) is 20.8. The third-order valence-electron chi connectivity index (χ3n) is 4.57. The van der Waals surface area contributed by atoms with Crippen LogP contribution >= 0.6 is 11.8 Å². The molecule has 1 atom stereocenters. The second-order valence-corrected chi connectivity index (χ2v) is 7.38. The number of hydrogen-bond acceptors (Lipinski definition) is 7. The third kappa shape index (κ3) is 4.92. The fourth-order valence-electron chi connectivity index (χ4n) is 2.98. The lowest BCUT2D eigenvalue weighted by Crippen LogP contribution is -2.31. The highest BCUT2D eigenvalue weighted by Gasteiger charge is 2.18. The summed E-state index contributed by atoms with van der Waals surface area (Å²) in [5.74, 6) is -0.349. The molecular weight excluding hydrogens is 390 g/mol. The maximum absolute atomic E-state index is 12.3. The summed E-state index contributed by atoms with van der Waals surface area (Å²) in [6, 6.07) is 9.42. The van der Waals surface area contributed by atoms with Crippen molar-refractivity contribution in [1.29, 1.82) is 0 Å². The van der Waals surface area contributed by atoms with Crippen LogP contribution in [-0.4, -0.2) is 44.3 Å². The highest BCUT2D eigenvalue weighted by atomic mass is 32.2. The summed E-state index contributed by atoms with van der Waals surface area (Å²) in [4.78, 5) is 33.1. The van der Waals surface area contributed by atoms with Crippen LogP contribution in [-0.2, 0) is 20.7 Å². The summed E-state index contributed by atoms with van der Waals surface area (Å²) >= 11 is 1.42. The van der Waals surface area contributed by atoms with E-state index in [4.69, 9.17) is 4.74 Å². The molecule has 152 valence electrons. The molecule has 0 saturated carbocycles. The van der Waals surface area contributed by atoms with Crippen molar-refractivity contribution < 1.29 is 14.3 Å². The fraction of sp³-hybridized carbons (Fsp3) is 0.350. The molecule has 8 nitrogen and oxygen atoms in total. The highest BCUT2D eigenvalue weighted by Crippen LogP contribution is 2.17. The summed E-state index contributed by atoms with van der Waals surface area (Å²) in [6.07, 6.45) is 1.90. The summed E-state index contributed by atoms with van der Waals surface area (Å²) < 4.78 is 6.79. The number of esters is 1. The number of carbonyl (C=O) groups is 2. The Morgan fingerprint density at radius 1 is 1.21 bits per heavy atom. The zero-order valence-electron chi connectivity index (χ0n) is 16.8. The lowest BCUT2D eigenvalue weighted by molar-refractivity contribution is -0.148. The number of hydrogen-bond donors (Lipinski definition) is 1. The standard InChI is InChI=1S/C20H23N5O3S/c1-12(15-8-6-5-7-9-15)21-17(26)11-28-18(27)10-16-13(2)22-19-23-20(29-4)24-25(19)14(16)3/h5-9,12H,10-11H2,1-4H3,(H,21,26)/t12-/m1/s1. The molecule has 0 spiro atoms. The van der Waals surface area contributed by atoms with E-state index in [0.717, 1.165) is 16.8 Å². The average molecular weight is 414 g/mol. The molecule has 1 amide bonds. The molecule has 0 aliphatic heterocycles. The van der Waals surface area contributed by atoms with Crippen molar-refractivity contribution in [3.05, 3.63) is 52.8 Å². The van der Waals surface area contributed by atoms with E-state index >= 15 is 0 Å². The molecule has 3 aromatic rings. The minimum Gasteiger partial charge on any atom is -0.455 e. The number of thioether (sulfide) groups is 1. The Balaban J connectivity index is 1.60. The van der Waals surface area contributed by atoms with Gasteiger partial charge in [-0.3, -0.25) is 9.59 Å². The van der Waals surface area contributed by atoms with Gasteiger partial charge < -0.3 is 10.1 Å². The number of benzene rings is 1. The number of aromatic nitrogens is 4. The van der Waals surface area contributed by atoms with Crippen molar-refractivity contribution in [1.82, 2.24) is 24.9 Å². The predicted octanol–water partition coefficient (Wildman–Crippen LogP) is 2.43. The second kappa shape index (κ2) is 9.04. The Morgan fingerprint density at radius 3 is 2.62 bits per heavy atom. The monoisotopic (exact) mass is 413 g/mol. The number of nitrogens with one attached hydrogen (secondary N) is 1. The minimum atomic E-state index is -0.495. The second-order valence-electron chi connectivity index (χ2n) is 6.61. The quantitative estimate of drug-likeness (QED) is 0.469. The topological polar surface area (TPSA) is 98.5 Å². The lowest BCUT2D eigenvalue weighted by Gasteiger charge is -2.14. The van der Waals surface area contributed by atoms with Gasteiger partial charge in [-0.15, -0.1) is 5.10 Å². The molecular formula is C20H23N5O3S. The molecule has 0 unspecified atom stereocenters. The number of fused-ring (bicyclic) bond motifs is 1. The van der Waals surface area contributed by atoms with Crippen molar-refractivity contribution in [2.45, 2.75) is 38.4 Å². The van der Waals surface area contributed by atoms with Gasteiger partial charge in [-0.25, -0.2) is 9.50 Å². The van der Waals surface area contributed by atoms with Crippen LogP contribution in [0.25, 0.3) is 5.78 Å². The van der Waals surface area contributed by atoms with E-state index in [1.165, 1.54) is 11.8 Å². The molecule has 2 aromatic heterocycles. The number of amides is 1. The first-order valence-corrected chi connectivity index (χ1v) is 10.4. The van der Waals surface area contributed by atoms with Gasteiger partial charge in [-0.2, -0.15) is 4.98 Å². The molecule has 29 heavy (non-hydrogen) atoms. The van der Waals surface area contributed by atoms with Gasteiger partial charge in [0.15, 0.2) is 6.61 Å². The smallest absolute Gasteiger partial charge is 0.310 e. The Bertz CT molecular complexity index is 1040. The summed E-state index contributed by atoms with van der Waals surface area (Å²) in [5, 5.41) is 7.80. The van der Waals surface area contributed by atoms with E-state index in [0.29, 0.717) is 16.6 Å². The molecule has 3 rings (SSSR count). The van der Waals surface area contributed by atoms with E-state index in [1.54, 1.807) is 4.52 Å². The van der Waals surface area contributed by atoms with Crippen LogP contribution in [0.1, 0.15) is 35.5 Å². The van der Waals surface area contributed by atoms with E-state index in [-0.39, 0.29) is 25.0 Å². The van der Waals surface area contributed by atoms with Gasteiger partial charge in [0.2, 0.25) is 5.16 Å². The number of carbonyl (C=O) groups excluding carboxylic acids is 2. The largest absolute Gasteiger partial charge is 0.455 e. The van der Waals surface area contributed by atoms with Crippen molar-refractivity contribution >= 4 is 29.4 Å². The van der Waals surface area contributed by atoms with Gasteiger partial charge in [0.1, 0.15) is 0 Å². The summed E-state index contributed by atoms with van der Waals surface area (Å²) in [6.45, 7) is 5.22. The lowest BCUT2D eigenvalue weighted by atomic mass is 10.1. The van der Waals surface area contributed by atoms with Gasteiger partial charge in [-0.05, 0) is 32.6 Å². The minimum absolute atomic E-state index is 0.0105. The molecule has 0 radical (unpaired) electrons. The van der Waals surface area contributed by atoms with Gasteiger partial charge in [-0.1, -0.05) is 42.1 Å². The van der Waals surface area contributed by atoms with Crippen molar-refractivity contribution in [3.63, 3.8) is 0 Å². The van der Waals surface area contributed by atoms with E-state index in [9.17, 15) is 9.59 Å². The molecule has 9 heteroatoms. The van der Waals surface area contributed by atoms with Crippen molar-refractivity contribution in [2.24, 2.45) is 0 Å². The zero-order chi connectivity index (χ0) is 21.0. The summed E-state index contributed by atoms with van der Waals surface area (Å²) in [5.41, 5.74) is 3.17. The van der Waals surface area contributed by atoms with E-state index in [2.05, 4.69) is 20.4 Å². The van der Waals surface area contributed by atoms with Crippen LogP contribution in [0.5, 0.6) is 0 Å². The number of ether oxygens (including phenoxy) is 1. The highest BCUT2D eigenvalue weighted by molar-refractivity contribution is 7.98. The van der Waals surface area contributed by atoms with Gasteiger partial charge >= 0.3 is 5.97 Å².